The lowest BCUT2D eigenvalue weighted by Crippen LogP contribution is -2.36. The topological polar surface area (TPSA) is 29.3 Å². The maximum absolute atomic E-state index is 5.52. The van der Waals surface area contributed by atoms with Crippen LogP contribution in [0.4, 0.5) is 0 Å². The van der Waals surface area contributed by atoms with E-state index in [0.29, 0.717) is 6.04 Å². The molecule has 0 atom stereocenters. The van der Waals surface area contributed by atoms with Crippen molar-refractivity contribution in [2.24, 2.45) is 5.73 Å². The molecular weight excluding hydrogens is 168 g/mol. The highest BCUT2D eigenvalue weighted by Gasteiger charge is 2.06. The molecule has 0 saturated heterocycles. The predicted molar refractivity (Wildman–Crippen MR) is 58.8 cm³/mol. The summed E-state index contributed by atoms with van der Waals surface area (Å²) in [6.07, 6.45) is 3.43. The van der Waals surface area contributed by atoms with Crippen LogP contribution in [0, 0.1) is 0 Å². The van der Waals surface area contributed by atoms with Crippen molar-refractivity contribution in [3.63, 3.8) is 0 Å². The molecule has 0 aromatic heterocycles. The Hall–Kier alpha value is 0.270. The van der Waals surface area contributed by atoms with Crippen LogP contribution in [-0.2, 0) is 0 Å². The molecule has 0 saturated carbocycles. The number of nitrogens with zero attached hydrogens (tertiary/aromatic N) is 1. The molecule has 0 spiro atoms. The van der Waals surface area contributed by atoms with Crippen molar-refractivity contribution in [1.82, 2.24) is 4.90 Å². The first-order valence-corrected chi connectivity index (χ1v) is 6.04. The van der Waals surface area contributed by atoms with Gasteiger partial charge in [-0.1, -0.05) is 0 Å². The molecular formula is C9H22N2S. The van der Waals surface area contributed by atoms with E-state index in [-0.39, 0.29) is 0 Å². The Morgan fingerprint density at radius 2 is 2.00 bits per heavy atom. The van der Waals surface area contributed by atoms with Crippen molar-refractivity contribution in [2.45, 2.75) is 26.3 Å². The van der Waals surface area contributed by atoms with Gasteiger partial charge in [0.25, 0.3) is 0 Å². The maximum Gasteiger partial charge on any atom is 0.0107 e. The van der Waals surface area contributed by atoms with Gasteiger partial charge in [-0.15, -0.1) is 0 Å². The number of hydrogen-bond acceptors (Lipinski definition) is 3. The Balaban J connectivity index is 3.49. The van der Waals surface area contributed by atoms with E-state index in [2.05, 4.69) is 25.0 Å². The van der Waals surface area contributed by atoms with Crippen molar-refractivity contribution in [3.05, 3.63) is 0 Å². The predicted octanol–water partition coefficient (Wildman–Crippen LogP) is 1.41. The molecule has 0 amide bonds. The highest BCUT2D eigenvalue weighted by Crippen LogP contribution is 2.01. The normalized spacial score (nSPS) is 11.5. The second-order valence-corrected chi connectivity index (χ2v) is 4.25. The fourth-order valence-corrected chi connectivity index (χ4v) is 1.62. The van der Waals surface area contributed by atoms with Crippen LogP contribution in [0.25, 0.3) is 0 Å². The van der Waals surface area contributed by atoms with E-state index in [0.717, 1.165) is 13.1 Å². The molecule has 0 rings (SSSR count). The van der Waals surface area contributed by atoms with Crippen LogP contribution in [0.3, 0.4) is 0 Å². The SMILES string of the molecule is CSCCCN(CCN)C(C)C. The van der Waals surface area contributed by atoms with E-state index >= 15 is 0 Å². The van der Waals surface area contributed by atoms with Crippen LogP contribution in [0.1, 0.15) is 20.3 Å². The standard InChI is InChI=1S/C9H22N2S/c1-9(2)11(7-5-10)6-4-8-12-3/h9H,4-8,10H2,1-3H3. The summed E-state index contributed by atoms with van der Waals surface area (Å²) in [5.74, 6) is 1.26. The fraction of sp³-hybridized carbons (Fsp3) is 1.00. The molecule has 0 aromatic rings. The van der Waals surface area contributed by atoms with E-state index in [1.165, 1.54) is 18.7 Å². The molecule has 0 bridgehead atoms. The lowest BCUT2D eigenvalue weighted by molar-refractivity contribution is 0.229. The van der Waals surface area contributed by atoms with Gasteiger partial charge in [-0.2, -0.15) is 11.8 Å². The van der Waals surface area contributed by atoms with Crippen LogP contribution in [0.15, 0.2) is 0 Å². The first-order valence-electron chi connectivity index (χ1n) is 4.65. The monoisotopic (exact) mass is 190 g/mol. The van der Waals surface area contributed by atoms with Crippen LogP contribution in [-0.4, -0.2) is 42.6 Å². The van der Waals surface area contributed by atoms with Crippen molar-refractivity contribution in [1.29, 1.82) is 0 Å². The summed E-state index contributed by atoms with van der Waals surface area (Å²) in [5, 5.41) is 0. The third-order valence-corrected chi connectivity index (χ3v) is 2.64. The van der Waals surface area contributed by atoms with Gasteiger partial charge in [0.1, 0.15) is 0 Å². The Bertz CT molecular complexity index is 96.5. The van der Waals surface area contributed by atoms with Crippen molar-refractivity contribution in [2.75, 3.05) is 31.6 Å². The van der Waals surface area contributed by atoms with E-state index in [1.54, 1.807) is 0 Å². The first kappa shape index (κ1) is 12.3. The molecule has 0 aliphatic carbocycles. The van der Waals surface area contributed by atoms with Gasteiger partial charge in [-0.3, -0.25) is 4.90 Å². The summed E-state index contributed by atoms with van der Waals surface area (Å²) in [5.41, 5.74) is 5.52. The van der Waals surface area contributed by atoms with Gasteiger partial charge >= 0.3 is 0 Å². The van der Waals surface area contributed by atoms with E-state index in [1.807, 2.05) is 11.8 Å². The average molecular weight is 190 g/mol. The smallest absolute Gasteiger partial charge is 0.0107 e. The lowest BCUT2D eigenvalue weighted by atomic mass is 10.3. The van der Waals surface area contributed by atoms with Crippen molar-refractivity contribution < 1.29 is 0 Å². The van der Waals surface area contributed by atoms with E-state index < -0.39 is 0 Å². The van der Waals surface area contributed by atoms with Crippen LogP contribution in [0.5, 0.6) is 0 Å². The molecule has 0 aliphatic rings. The maximum atomic E-state index is 5.52. The molecule has 3 heteroatoms. The summed E-state index contributed by atoms with van der Waals surface area (Å²) in [7, 11) is 0. The summed E-state index contributed by atoms with van der Waals surface area (Å²) in [6.45, 7) is 7.46. The number of hydrogen-bond donors (Lipinski definition) is 1. The van der Waals surface area contributed by atoms with Gasteiger partial charge in [0.05, 0.1) is 0 Å². The molecule has 0 radical (unpaired) electrons. The minimum Gasteiger partial charge on any atom is -0.329 e. The Morgan fingerprint density at radius 3 is 2.42 bits per heavy atom. The number of thioether (sulfide) groups is 1. The third-order valence-electron chi connectivity index (χ3n) is 1.94. The van der Waals surface area contributed by atoms with Crippen molar-refractivity contribution in [3.8, 4) is 0 Å². The minimum absolute atomic E-state index is 0.635. The largest absolute Gasteiger partial charge is 0.329 e. The molecule has 0 aliphatic heterocycles. The fourth-order valence-electron chi connectivity index (χ4n) is 1.21. The quantitative estimate of drug-likeness (QED) is 0.616. The summed E-state index contributed by atoms with van der Waals surface area (Å²) in [6, 6.07) is 0.635. The van der Waals surface area contributed by atoms with Crippen LogP contribution in [0.2, 0.25) is 0 Å². The van der Waals surface area contributed by atoms with Crippen LogP contribution >= 0.6 is 11.8 Å². The minimum atomic E-state index is 0.635. The van der Waals surface area contributed by atoms with E-state index in [4.69, 9.17) is 5.73 Å². The molecule has 2 nitrogen and oxygen atoms in total. The first-order chi connectivity index (χ1) is 5.72. The second kappa shape index (κ2) is 7.90. The molecule has 0 unspecified atom stereocenters. The Morgan fingerprint density at radius 1 is 1.33 bits per heavy atom. The van der Waals surface area contributed by atoms with Gasteiger partial charge in [-0.25, -0.2) is 0 Å². The number of nitrogens with two attached hydrogens (primary N) is 1. The Kier molecular flexibility index (Phi) is 8.07. The molecule has 0 heterocycles. The zero-order valence-corrected chi connectivity index (χ0v) is 9.36. The summed E-state index contributed by atoms with van der Waals surface area (Å²) in [4.78, 5) is 2.44. The zero-order valence-electron chi connectivity index (χ0n) is 8.55. The molecule has 0 fully saturated rings. The molecule has 12 heavy (non-hydrogen) atoms. The highest BCUT2D eigenvalue weighted by molar-refractivity contribution is 7.98. The zero-order chi connectivity index (χ0) is 9.40. The summed E-state index contributed by atoms with van der Waals surface area (Å²) >= 11 is 1.92. The molecule has 2 N–H and O–H groups in total. The summed E-state index contributed by atoms with van der Waals surface area (Å²) < 4.78 is 0. The van der Waals surface area contributed by atoms with Gasteiger partial charge < -0.3 is 5.73 Å². The van der Waals surface area contributed by atoms with Gasteiger partial charge in [0.15, 0.2) is 0 Å². The Labute approximate surface area is 80.9 Å². The van der Waals surface area contributed by atoms with Crippen LogP contribution < -0.4 is 5.73 Å². The van der Waals surface area contributed by atoms with E-state index in [9.17, 15) is 0 Å². The van der Waals surface area contributed by atoms with Gasteiger partial charge in [0.2, 0.25) is 0 Å². The second-order valence-electron chi connectivity index (χ2n) is 3.26. The van der Waals surface area contributed by atoms with Crippen molar-refractivity contribution >= 4 is 11.8 Å². The molecule has 74 valence electrons. The van der Waals surface area contributed by atoms with Gasteiger partial charge in [0, 0.05) is 19.1 Å². The average Bonchev–Trinajstić information content (AvgIpc) is 2.03. The highest BCUT2D eigenvalue weighted by atomic mass is 32.2. The number of rotatable bonds is 7. The lowest BCUT2D eigenvalue weighted by Gasteiger charge is -2.25. The van der Waals surface area contributed by atoms with Gasteiger partial charge in [-0.05, 0) is 38.8 Å². The molecule has 0 aromatic carbocycles. The third kappa shape index (κ3) is 5.86.